The van der Waals surface area contributed by atoms with Crippen molar-refractivity contribution in [1.82, 2.24) is 0 Å². The van der Waals surface area contributed by atoms with Gasteiger partial charge in [-0.15, -0.1) is 0 Å². The maximum Gasteiger partial charge on any atom is 0.259 e. The second kappa shape index (κ2) is 5.65. The van der Waals surface area contributed by atoms with Crippen LogP contribution in [0, 0.1) is 26.6 Å². The van der Waals surface area contributed by atoms with E-state index in [2.05, 4.69) is 5.32 Å². The summed E-state index contributed by atoms with van der Waals surface area (Å²) in [5.41, 5.74) is 6.96. The van der Waals surface area contributed by atoms with Gasteiger partial charge in [0.1, 0.15) is 22.3 Å². The maximum absolute atomic E-state index is 13.8. The van der Waals surface area contributed by atoms with Crippen molar-refractivity contribution in [3.05, 3.63) is 52.2 Å². The Morgan fingerprint density at radius 3 is 2.43 bits per heavy atom. The molecular formula is C15H15FN2O2S. The standard InChI is InChI=1S/C15H15FN2O2S/c1-7-8(2)20-9(3)12(7)15(19)18-11-6-4-5-10(16)13(11)14(17)21/h4-6H,1-3H3,(H2,17,21)(H,18,19). The molecule has 2 aromatic rings. The Bertz CT molecular complexity index is 738. The van der Waals surface area contributed by atoms with Gasteiger partial charge in [-0.2, -0.15) is 0 Å². The number of furan rings is 1. The lowest BCUT2D eigenvalue weighted by Gasteiger charge is -2.11. The average molecular weight is 306 g/mol. The third-order valence-corrected chi connectivity index (χ3v) is 3.50. The quantitative estimate of drug-likeness (QED) is 0.854. The molecule has 1 heterocycles. The van der Waals surface area contributed by atoms with E-state index < -0.39 is 5.82 Å². The van der Waals surface area contributed by atoms with Crippen LogP contribution in [0.1, 0.15) is 33.0 Å². The highest BCUT2D eigenvalue weighted by Gasteiger charge is 2.20. The lowest BCUT2D eigenvalue weighted by Crippen LogP contribution is -2.19. The monoisotopic (exact) mass is 306 g/mol. The van der Waals surface area contributed by atoms with Crippen molar-refractivity contribution in [2.24, 2.45) is 5.73 Å². The second-order valence-electron chi connectivity index (χ2n) is 4.70. The SMILES string of the molecule is Cc1oc(C)c(C(=O)Nc2cccc(F)c2C(N)=S)c1C. The molecule has 1 aromatic carbocycles. The molecule has 21 heavy (non-hydrogen) atoms. The number of carbonyl (C=O) groups is 1. The summed E-state index contributed by atoms with van der Waals surface area (Å²) in [5, 5.41) is 2.64. The first-order chi connectivity index (χ1) is 9.82. The number of halogens is 1. The van der Waals surface area contributed by atoms with Crippen molar-refractivity contribution in [1.29, 1.82) is 0 Å². The summed E-state index contributed by atoms with van der Waals surface area (Å²) < 4.78 is 19.2. The van der Waals surface area contributed by atoms with E-state index in [0.717, 1.165) is 5.56 Å². The van der Waals surface area contributed by atoms with Gasteiger partial charge in [0.25, 0.3) is 5.91 Å². The van der Waals surface area contributed by atoms with Crippen LogP contribution in [0.15, 0.2) is 22.6 Å². The molecular weight excluding hydrogens is 291 g/mol. The van der Waals surface area contributed by atoms with E-state index in [1.807, 2.05) is 0 Å². The topological polar surface area (TPSA) is 68.3 Å². The highest BCUT2D eigenvalue weighted by atomic mass is 32.1. The maximum atomic E-state index is 13.8. The molecule has 110 valence electrons. The zero-order valence-electron chi connectivity index (χ0n) is 11.9. The van der Waals surface area contributed by atoms with E-state index in [4.69, 9.17) is 22.4 Å². The number of anilines is 1. The fraction of sp³-hybridized carbons (Fsp3) is 0.200. The third kappa shape index (κ3) is 2.80. The number of amides is 1. The van der Waals surface area contributed by atoms with Crippen molar-refractivity contribution in [3.8, 4) is 0 Å². The molecule has 0 saturated heterocycles. The highest BCUT2D eigenvalue weighted by Crippen LogP contribution is 2.24. The zero-order valence-corrected chi connectivity index (χ0v) is 12.7. The molecule has 0 radical (unpaired) electrons. The molecule has 6 heteroatoms. The summed E-state index contributed by atoms with van der Waals surface area (Å²) in [6.45, 7) is 5.28. The number of hydrogen-bond donors (Lipinski definition) is 2. The first-order valence-corrected chi connectivity index (χ1v) is 6.70. The van der Waals surface area contributed by atoms with Crippen molar-refractivity contribution >= 4 is 28.8 Å². The minimum absolute atomic E-state index is 0.0244. The van der Waals surface area contributed by atoms with Gasteiger partial charge in [-0.25, -0.2) is 4.39 Å². The fourth-order valence-electron chi connectivity index (χ4n) is 2.19. The number of aryl methyl sites for hydroxylation is 2. The number of hydrogen-bond acceptors (Lipinski definition) is 3. The van der Waals surface area contributed by atoms with E-state index >= 15 is 0 Å². The molecule has 0 unspecified atom stereocenters. The summed E-state index contributed by atoms with van der Waals surface area (Å²) in [5.74, 6) is 0.226. The first-order valence-electron chi connectivity index (χ1n) is 6.29. The molecule has 0 fully saturated rings. The Hall–Kier alpha value is -2.21. The van der Waals surface area contributed by atoms with Crippen LogP contribution in [0.4, 0.5) is 10.1 Å². The number of thiocarbonyl (C=S) groups is 1. The fourth-order valence-corrected chi connectivity index (χ4v) is 2.40. The van der Waals surface area contributed by atoms with Crippen molar-refractivity contribution < 1.29 is 13.6 Å². The molecule has 0 spiro atoms. The lowest BCUT2D eigenvalue weighted by molar-refractivity contribution is 0.102. The van der Waals surface area contributed by atoms with Gasteiger partial charge in [0, 0.05) is 5.56 Å². The average Bonchev–Trinajstić information content (AvgIpc) is 2.62. The molecule has 3 N–H and O–H groups in total. The molecule has 1 amide bonds. The Morgan fingerprint density at radius 1 is 1.24 bits per heavy atom. The number of benzene rings is 1. The van der Waals surface area contributed by atoms with E-state index in [9.17, 15) is 9.18 Å². The molecule has 1 aromatic heterocycles. The van der Waals surface area contributed by atoms with Crippen LogP contribution < -0.4 is 11.1 Å². The number of nitrogens with two attached hydrogens (primary N) is 1. The summed E-state index contributed by atoms with van der Waals surface area (Å²) in [6.07, 6.45) is 0. The largest absolute Gasteiger partial charge is 0.466 e. The van der Waals surface area contributed by atoms with Gasteiger partial charge in [-0.1, -0.05) is 18.3 Å². The van der Waals surface area contributed by atoms with Crippen molar-refractivity contribution in [3.63, 3.8) is 0 Å². The molecule has 0 aliphatic rings. The Labute approximate surface area is 127 Å². The van der Waals surface area contributed by atoms with Gasteiger partial charge in [-0.3, -0.25) is 4.79 Å². The summed E-state index contributed by atoms with van der Waals surface area (Å²) >= 11 is 4.83. The van der Waals surface area contributed by atoms with Crippen LogP contribution in [-0.4, -0.2) is 10.9 Å². The Morgan fingerprint density at radius 2 is 1.90 bits per heavy atom. The second-order valence-corrected chi connectivity index (χ2v) is 5.14. The highest BCUT2D eigenvalue weighted by molar-refractivity contribution is 7.80. The Balaban J connectivity index is 2.41. The van der Waals surface area contributed by atoms with Crippen LogP contribution >= 0.6 is 12.2 Å². The van der Waals surface area contributed by atoms with Crippen LogP contribution in [0.3, 0.4) is 0 Å². The van der Waals surface area contributed by atoms with Gasteiger partial charge in [0.15, 0.2) is 0 Å². The molecule has 0 atom stereocenters. The third-order valence-electron chi connectivity index (χ3n) is 3.30. The lowest BCUT2D eigenvalue weighted by atomic mass is 10.1. The first kappa shape index (κ1) is 15.2. The van der Waals surface area contributed by atoms with Gasteiger partial charge in [-0.05, 0) is 32.9 Å². The van der Waals surface area contributed by atoms with Crippen molar-refractivity contribution in [2.45, 2.75) is 20.8 Å². The smallest absolute Gasteiger partial charge is 0.259 e. The molecule has 0 aliphatic heterocycles. The molecule has 0 aliphatic carbocycles. The van der Waals surface area contributed by atoms with Gasteiger partial charge >= 0.3 is 0 Å². The summed E-state index contributed by atoms with van der Waals surface area (Å²) in [6, 6.07) is 4.27. The Kier molecular flexibility index (Phi) is 4.09. The van der Waals surface area contributed by atoms with E-state index in [1.165, 1.54) is 12.1 Å². The predicted molar refractivity (Wildman–Crippen MR) is 83.2 cm³/mol. The van der Waals surface area contributed by atoms with E-state index in [-0.39, 0.29) is 22.1 Å². The van der Waals surface area contributed by atoms with Crippen LogP contribution in [0.5, 0.6) is 0 Å². The minimum Gasteiger partial charge on any atom is -0.466 e. The van der Waals surface area contributed by atoms with Crippen LogP contribution in [-0.2, 0) is 0 Å². The van der Waals surface area contributed by atoms with Crippen LogP contribution in [0.25, 0.3) is 0 Å². The normalized spacial score (nSPS) is 10.5. The molecule has 2 rings (SSSR count). The predicted octanol–water partition coefficient (Wildman–Crippen LogP) is 3.23. The number of nitrogens with one attached hydrogen (secondary N) is 1. The zero-order chi connectivity index (χ0) is 15.7. The summed E-state index contributed by atoms with van der Waals surface area (Å²) in [7, 11) is 0. The van der Waals surface area contributed by atoms with Gasteiger partial charge in [0.2, 0.25) is 0 Å². The molecule has 0 saturated carbocycles. The number of rotatable bonds is 3. The van der Waals surface area contributed by atoms with Gasteiger partial charge < -0.3 is 15.5 Å². The molecule has 0 bridgehead atoms. The van der Waals surface area contributed by atoms with Gasteiger partial charge in [0.05, 0.1) is 16.8 Å². The van der Waals surface area contributed by atoms with Crippen molar-refractivity contribution in [2.75, 3.05) is 5.32 Å². The van der Waals surface area contributed by atoms with Crippen LogP contribution in [0.2, 0.25) is 0 Å². The van der Waals surface area contributed by atoms with E-state index in [0.29, 0.717) is 17.1 Å². The van der Waals surface area contributed by atoms with E-state index in [1.54, 1.807) is 26.8 Å². The summed E-state index contributed by atoms with van der Waals surface area (Å²) in [4.78, 5) is 12.3. The molecule has 4 nitrogen and oxygen atoms in total. The number of carbonyl (C=O) groups excluding carboxylic acids is 1. The minimum atomic E-state index is -0.572.